The standard InChI is InChI=1S/C11H6Cl3N3O3/c12-6-1-8(14)9(15-3-6)5-16-4-7(13)2-10(11(16)18)17(19)20/h1-4H,5H2. The molecule has 0 atom stereocenters. The summed E-state index contributed by atoms with van der Waals surface area (Å²) in [6.07, 6.45) is 2.65. The first kappa shape index (κ1) is 14.8. The Hall–Kier alpha value is -1.63. The Labute approximate surface area is 127 Å². The summed E-state index contributed by atoms with van der Waals surface area (Å²) in [6.45, 7) is -0.0454. The van der Waals surface area contributed by atoms with Crippen molar-refractivity contribution in [2.75, 3.05) is 0 Å². The van der Waals surface area contributed by atoms with Gasteiger partial charge in [0.25, 0.3) is 0 Å². The quantitative estimate of drug-likeness (QED) is 0.638. The van der Waals surface area contributed by atoms with Gasteiger partial charge in [0.15, 0.2) is 0 Å². The third-order valence-corrected chi connectivity index (χ3v) is 3.18. The zero-order valence-corrected chi connectivity index (χ0v) is 12.0. The third kappa shape index (κ3) is 3.09. The summed E-state index contributed by atoms with van der Waals surface area (Å²) in [4.78, 5) is 25.9. The topological polar surface area (TPSA) is 78.0 Å². The van der Waals surface area contributed by atoms with Gasteiger partial charge in [0, 0.05) is 18.5 Å². The summed E-state index contributed by atoms with van der Waals surface area (Å²) in [7, 11) is 0. The molecule has 2 aromatic rings. The summed E-state index contributed by atoms with van der Waals surface area (Å²) in [5, 5.41) is 11.4. The number of pyridine rings is 2. The number of aromatic nitrogens is 2. The molecule has 0 bridgehead atoms. The fourth-order valence-electron chi connectivity index (χ4n) is 1.55. The van der Waals surface area contributed by atoms with E-state index >= 15 is 0 Å². The van der Waals surface area contributed by atoms with Crippen molar-refractivity contribution in [3.05, 3.63) is 65.8 Å². The van der Waals surface area contributed by atoms with Crippen molar-refractivity contribution >= 4 is 40.5 Å². The summed E-state index contributed by atoms with van der Waals surface area (Å²) >= 11 is 17.4. The van der Waals surface area contributed by atoms with Gasteiger partial charge in [-0.15, -0.1) is 0 Å². The van der Waals surface area contributed by atoms with E-state index in [1.54, 1.807) is 0 Å². The highest BCUT2D eigenvalue weighted by molar-refractivity contribution is 6.34. The van der Waals surface area contributed by atoms with Crippen molar-refractivity contribution in [2.24, 2.45) is 0 Å². The predicted octanol–water partition coefficient (Wildman–Crippen LogP) is 3.16. The van der Waals surface area contributed by atoms with Gasteiger partial charge in [0.05, 0.1) is 32.2 Å². The smallest absolute Gasteiger partial charge is 0.302 e. The molecule has 0 saturated heterocycles. The number of hydrogen-bond acceptors (Lipinski definition) is 4. The number of hydrogen-bond donors (Lipinski definition) is 0. The molecule has 0 saturated carbocycles. The average molecular weight is 335 g/mol. The van der Waals surface area contributed by atoms with Crippen LogP contribution >= 0.6 is 34.8 Å². The molecule has 0 N–H and O–H groups in total. The van der Waals surface area contributed by atoms with Crippen molar-refractivity contribution in [1.82, 2.24) is 9.55 Å². The third-order valence-electron chi connectivity index (χ3n) is 2.43. The Morgan fingerprint density at radius 3 is 2.55 bits per heavy atom. The zero-order valence-electron chi connectivity index (χ0n) is 9.72. The molecule has 2 rings (SSSR count). The van der Waals surface area contributed by atoms with Gasteiger partial charge in [-0.3, -0.25) is 19.9 Å². The lowest BCUT2D eigenvalue weighted by Gasteiger charge is -2.07. The first-order chi connectivity index (χ1) is 9.38. The Balaban J connectivity index is 2.48. The Bertz CT molecular complexity index is 745. The predicted molar refractivity (Wildman–Crippen MR) is 75.7 cm³/mol. The van der Waals surface area contributed by atoms with Gasteiger partial charge >= 0.3 is 11.2 Å². The summed E-state index contributed by atoms with van der Waals surface area (Å²) in [6, 6.07) is 2.47. The maximum Gasteiger partial charge on any atom is 0.335 e. The molecule has 0 amide bonds. The molecule has 2 aromatic heterocycles. The first-order valence-electron chi connectivity index (χ1n) is 5.23. The largest absolute Gasteiger partial charge is 0.335 e. The molecule has 0 aliphatic carbocycles. The summed E-state index contributed by atoms with van der Waals surface area (Å²) in [5.74, 6) is 0. The van der Waals surface area contributed by atoms with E-state index in [4.69, 9.17) is 34.8 Å². The molecule has 0 radical (unpaired) electrons. The molecular weight excluding hydrogens is 328 g/mol. The molecule has 2 heterocycles. The average Bonchev–Trinajstić information content (AvgIpc) is 2.36. The second-order valence-corrected chi connectivity index (χ2v) is 5.10. The second-order valence-electron chi connectivity index (χ2n) is 3.82. The van der Waals surface area contributed by atoms with Gasteiger partial charge in [-0.05, 0) is 6.07 Å². The molecule has 104 valence electrons. The van der Waals surface area contributed by atoms with Crippen LogP contribution in [0, 0.1) is 10.1 Å². The van der Waals surface area contributed by atoms with Gasteiger partial charge in [-0.1, -0.05) is 34.8 Å². The maximum atomic E-state index is 11.9. The highest BCUT2D eigenvalue weighted by atomic mass is 35.5. The van der Waals surface area contributed by atoms with Crippen LogP contribution in [0.2, 0.25) is 15.1 Å². The minimum absolute atomic E-state index is 0.0454. The van der Waals surface area contributed by atoms with Crippen LogP contribution in [0.4, 0.5) is 5.69 Å². The van der Waals surface area contributed by atoms with Crippen LogP contribution in [0.1, 0.15) is 5.69 Å². The Kier molecular flexibility index (Phi) is 4.27. The van der Waals surface area contributed by atoms with E-state index in [1.807, 2.05) is 0 Å². The van der Waals surface area contributed by atoms with Crippen LogP contribution in [-0.2, 0) is 6.54 Å². The molecule has 9 heteroatoms. The second kappa shape index (κ2) is 5.78. The fourth-order valence-corrected chi connectivity index (χ4v) is 2.21. The monoisotopic (exact) mass is 333 g/mol. The van der Waals surface area contributed by atoms with Crippen molar-refractivity contribution < 1.29 is 4.92 Å². The van der Waals surface area contributed by atoms with Crippen LogP contribution < -0.4 is 5.56 Å². The van der Waals surface area contributed by atoms with E-state index < -0.39 is 16.2 Å². The fraction of sp³-hybridized carbons (Fsp3) is 0.0909. The minimum atomic E-state index is -0.790. The minimum Gasteiger partial charge on any atom is -0.302 e. The van der Waals surface area contributed by atoms with Crippen LogP contribution in [0.25, 0.3) is 0 Å². The lowest BCUT2D eigenvalue weighted by Crippen LogP contribution is -2.23. The SMILES string of the molecule is O=c1c([N+](=O)[O-])cc(Cl)cn1Cc1ncc(Cl)cc1Cl. The van der Waals surface area contributed by atoms with E-state index in [2.05, 4.69) is 4.98 Å². The van der Waals surface area contributed by atoms with Crippen LogP contribution in [0.15, 0.2) is 29.3 Å². The molecule has 20 heavy (non-hydrogen) atoms. The molecule has 0 unspecified atom stereocenters. The van der Waals surface area contributed by atoms with Gasteiger partial charge in [-0.2, -0.15) is 0 Å². The van der Waals surface area contributed by atoms with Crippen molar-refractivity contribution in [3.8, 4) is 0 Å². The lowest BCUT2D eigenvalue weighted by atomic mass is 10.3. The highest BCUT2D eigenvalue weighted by Gasteiger charge is 2.17. The van der Waals surface area contributed by atoms with Crippen molar-refractivity contribution in [2.45, 2.75) is 6.54 Å². The molecule has 0 aliphatic rings. The molecule has 6 nitrogen and oxygen atoms in total. The van der Waals surface area contributed by atoms with Crippen molar-refractivity contribution in [3.63, 3.8) is 0 Å². The number of nitro groups is 1. The highest BCUT2D eigenvalue weighted by Crippen LogP contribution is 2.20. The zero-order chi connectivity index (χ0) is 14.9. The molecular formula is C11H6Cl3N3O3. The molecule has 0 aliphatic heterocycles. The van der Waals surface area contributed by atoms with Crippen LogP contribution in [0.5, 0.6) is 0 Å². The van der Waals surface area contributed by atoms with Gasteiger partial charge in [0.1, 0.15) is 0 Å². The Morgan fingerprint density at radius 2 is 1.95 bits per heavy atom. The molecule has 0 spiro atoms. The Morgan fingerprint density at radius 1 is 1.25 bits per heavy atom. The van der Waals surface area contributed by atoms with E-state index in [-0.39, 0.29) is 16.6 Å². The van der Waals surface area contributed by atoms with Gasteiger partial charge in [-0.25, -0.2) is 0 Å². The number of halogens is 3. The van der Waals surface area contributed by atoms with Crippen LogP contribution in [0.3, 0.4) is 0 Å². The summed E-state index contributed by atoms with van der Waals surface area (Å²) in [5.41, 5.74) is -1.04. The normalized spacial score (nSPS) is 10.6. The van der Waals surface area contributed by atoms with E-state index in [1.165, 1.54) is 18.5 Å². The summed E-state index contributed by atoms with van der Waals surface area (Å²) < 4.78 is 1.07. The number of nitrogens with zero attached hydrogens (tertiary/aromatic N) is 3. The van der Waals surface area contributed by atoms with Crippen molar-refractivity contribution in [1.29, 1.82) is 0 Å². The molecule has 0 fully saturated rings. The maximum absolute atomic E-state index is 11.9. The first-order valence-corrected chi connectivity index (χ1v) is 6.36. The van der Waals surface area contributed by atoms with Gasteiger partial charge < -0.3 is 4.57 Å². The molecule has 0 aromatic carbocycles. The van der Waals surface area contributed by atoms with E-state index in [0.717, 1.165) is 10.6 Å². The van der Waals surface area contributed by atoms with E-state index in [0.29, 0.717) is 10.7 Å². The van der Waals surface area contributed by atoms with Crippen LogP contribution in [-0.4, -0.2) is 14.5 Å². The van der Waals surface area contributed by atoms with Gasteiger partial charge in [0.2, 0.25) is 0 Å². The lowest BCUT2D eigenvalue weighted by molar-refractivity contribution is -0.386. The number of rotatable bonds is 3. The van der Waals surface area contributed by atoms with E-state index in [9.17, 15) is 14.9 Å².